The molecule has 0 aliphatic carbocycles. The molecule has 0 saturated carbocycles. The fraction of sp³-hybridized carbons (Fsp3) is 0.412. The van der Waals surface area contributed by atoms with E-state index in [1.807, 2.05) is 12.1 Å². The summed E-state index contributed by atoms with van der Waals surface area (Å²) in [4.78, 5) is 21.3. The molecule has 1 fully saturated rings. The standard InChI is InChI=1S/C17H21N5O3/c1-25-17-18-9-6-16(20-17)21-10-7-14(8-11-21)19-12-13-4-2-3-5-15(13)22(23)24/h2-6,9,14,19H,7-8,10-12H2,1H3. The lowest BCUT2D eigenvalue weighted by Crippen LogP contribution is -2.42. The Morgan fingerprint density at radius 3 is 2.80 bits per heavy atom. The molecule has 1 saturated heterocycles. The third kappa shape index (κ3) is 4.21. The Balaban J connectivity index is 1.54. The van der Waals surface area contributed by atoms with Crippen LogP contribution in [0.1, 0.15) is 18.4 Å². The molecule has 1 aliphatic heterocycles. The molecule has 0 spiro atoms. The molecule has 0 bridgehead atoms. The fourth-order valence-corrected chi connectivity index (χ4v) is 3.01. The number of nitrogens with one attached hydrogen (secondary N) is 1. The summed E-state index contributed by atoms with van der Waals surface area (Å²) in [5.74, 6) is 0.865. The molecular formula is C17H21N5O3. The van der Waals surface area contributed by atoms with E-state index in [0.717, 1.165) is 37.3 Å². The van der Waals surface area contributed by atoms with Crippen LogP contribution in [0.4, 0.5) is 11.5 Å². The molecule has 132 valence electrons. The number of anilines is 1. The summed E-state index contributed by atoms with van der Waals surface area (Å²) in [7, 11) is 1.55. The molecule has 3 rings (SSSR count). The summed E-state index contributed by atoms with van der Waals surface area (Å²) in [6.45, 7) is 2.24. The van der Waals surface area contributed by atoms with Gasteiger partial charge in [0.2, 0.25) is 0 Å². The van der Waals surface area contributed by atoms with Crippen molar-refractivity contribution >= 4 is 11.5 Å². The van der Waals surface area contributed by atoms with Gasteiger partial charge in [-0.15, -0.1) is 0 Å². The number of para-hydroxylation sites is 1. The maximum atomic E-state index is 11.1. The maximum absolute atomic E-state index is 11.1. The summed E-state index contributed by atoms with van der Waals surface area (Å²) >= 11 is 0. The van der Waals surface area contributed by atoms with Crippen molar-refractivity contribution in [2.75, 3.05) is 25.1 Å². The van der Waals surface area contributed by atoms with E-state index in [1.54, 1.807) is 31.5 Å². The minimum Gasteiger partial charge on any atom is -0.467 e. The second kappa shape index (κ2) is 7.89. The van der Waals surface area contributed by atoms with E-state index in [2.05, 4.69) is 20.2 Å². The minimum absolute atomic E-state index is 0.167. The van der Waals surface area contributed by atoms with Gasteiger partial charge in [0.1, 0.15) is 5.82 Å². The van der Waals surface area contributed by atoms with Crippen LogP contribution < -0.4 is 15.0 Å². The highest BCUT2D eigenvalue weighted by Gasteiger charge is 2.21. The van der Waals surface area contributed by atoms with E-state index in [0.29, 0.717) is 18.6 Å². The minimum atomic E-state index is -0.331. The zero-order valence-corrected chi connectivity index (χ0v) is 14.1. The van der Waals surface area contributed by atoms with E-state index in [1.165, 1.54) is 0 Å². The first-order valence-corrected chi connectivity index (χ1v) is 8.25. The van der Waals surface area contributed by atoms with E-state index in [9.17, 15) is 10.1 Å². The van der Waals surface area contributed by atoms with Crippen molar-refractivity contribution < 1.29 is 9.66 Å². The van der Waals surface area contributed by atoms with Gasteiger partial charge in [0, 0.05) is 43.5 Å². The molecule has 0 unspecified atom stereocenters. The number of hydrogen-bond acceptors (Lipinski definition) is 7. The van der Waals surface area contributed by atoms with Gasteiger partial charge >= 0.3 is 6.01 Å². The summed E-state index contributed by atoms with van der Waals surface area (Å²) in [6.07, 6.45) is 3.60. The Kier molecular flexibility index (Phi) is 5.39. The highest BCUT2D eigenvalue weighted by atomic mass is 16.6. The van der Waals surface area contributed by atoms with Crippen LogP contribution in [0, 0.1) is 10.1 Å². The Hall–Kier alpha value is -2.74. The normalized spacial score (nSPS) is 15.2. The van der Waals surface area contributed by atoms with Crippen LogP contribution in [0.5, 0.6) is 6.01 Å². The van der Waals surface area contributed by atoms with Crippen molar-refractivity contribution in [1.82, 2.24) is 15.3 Å². The van der Waals surface area contributed by atoms with Crippen LogP contribution in [0.2, 0.25) is 0 Å². The maximum Gasteiger partial charge on any atom is 0.318 e. The number of nitro groups is 1. The number of aromatic nitrogens is 2. The Morgan fingerprint density at radius 1 is 1.32 bits per heavy atom. The Morgan fingerprint density at radius 2 is 2.08 bits per heavy atom. The molecule has 0 radical (unpaired) electrons. The first-order chi connectivity index (χ1) is 12.2. The summed E-state index contributed by atoms with van der Waals surface area (Å²) in [6, 6.07) is 9.44. The zero-order valence-electron chi connectivity index (χ0n) is 14.1. The lowest BCUT2D eigenvalue weighted by atomic mass is 10.0. The number of nitrogens with zero attached hydrogens (tertiary/aromatic N) is 4. The predicted molar refractivity (Wildman–Crippen MR) is 93.8 cm³/mol. The van der Waals surface area contributed by atoms with E-state index >= 15 is 0 Å². The van der Waals surface area contributed by atoms with Gasteiger partial charge in [-0.1, -0.05) is 18.2 Å². The third-order valence-corrected chi connectivity index (χ3v) is 4.39. The molecule has 2 heterocycles. The van der Waals surface area contributed by atoms with Gasteiger partial charge in [0.15, 0.2) is 0 Å². The van der Waals surface area contributed by atoms with E-state index < -0.39 is 0 Å². The second-order valence-electron chi connectivity index (χ2n) is 5.93. The van der Waals surface area contributed by atoms with Gasteiger partial charge in [0.25, 0.3) is 5.69 Å². The van der Waals surface area contributed by atoms with Crippen molar-refractivity contribution in [2.24, 2.45) is 0 Å². The van der Waals surface area contributed by atoms with Gasteiger partial charge in [-0.05, 0) is 18.9 Å². The number of ether oxygens (including phenoxy) is 1. The van der Waals surface area contributed by atoms with Crippen LogP contribution in [0.15, 0.2) is 36.5 Å². The molecule has 1 aromatic heterocycles. The number of piperidine rings is 1. The van der Waals surface area contributed by atoms with Crippen LogP contribution in [0.25, 0.3) is 0 Å². The topological polar surface area (TPSA) is 93.4 Å². The van der Waals surface area contributed by atoms with Crippen LogP contribution in [-0.2, 0) is 6.54 Å². The molecule has 8 nitrogen and oxygen atoms in total. The molecule has 2 aromatic rings. The average Bonchev–Trinajstić information content (AvgIpc) is 2.67. The van der Waals surface area contributed by atoms with Gasteiger partial charge < -0.3 is 15.0 Å². The molecule has 8 heteroatoms. The van der Waals surface area contributed by atoms with Crippen molar-refractivity contribution in [2.45, 2.75) is 25.4 Å². The lowest BCUT2D eigenvalue weighted by Gasteiger charge is -2.33. The van der Waals surface area contributed by atoms with Crippen molar-refractivity contribution in [3.63, 3.8) is 0 Å². The molecule has 0 atom stereocenters. The second-order valence-corrected chi connectivity index (χ2v) is 5.93. The number of rotatable bonds is 6. The van der Waals surface area contributed by atoms with E-state index in [-0.39, 0.29) is 10.6 Å². The molecular weight excluding hydrogens is 322 g/mol. The summed E-state index contributed by atoms with van der Waals surface area (Å²) in [5, 5.41) is 14.5. The van der Waals surface area contributed by atoms with Crippen molar-refractivity contribution in [1.29, 1.82) is 0 Å². The highest BCUT2D eigenvalue weighted by Crippen LogP contribution is 2.21. The van der Waals surface area contributed by atoms with Crippen molar-refractivity contribution in [3.8, 4) is 6.01 Å². The van der Waals surface area contributed by atoms with Gasteiger partial charge in [-0.3, -0.25) is 10.1 Å². The molecule has 25 heavy (non-hydrogen) atoms. The largest absolute Gasteiger partial charge is 0.467 e. The monoisotopic (exact) mass is 343 g/mol. The lowest BCUT2D eigenvalue weighted by molar-refractivity contribution is -0.385. The number of hydrogen-bond donors (Lipinski definition) is 1. The smallest absolute Gasteiger partial charge is 0.318 e. The van der Waals surface area contributed by atoms with Crippen molar-refractivity contribution in [3.05, 3.63) is 52.2 Å². The fourth-order valence-electron chi connectivity index (χ4n) is 3.01. The SMILES string of the molecule is COc1nccc(N2CCC(NCc3ccccc3[N+](=O)[O-])CC2)n1. The zero-order chi connectivity index (χ0) is 17.6. The quantitative estimate of drug-likeness (QED) is 0.634. The predicted octanol–water partition coefficient (Wildman–Crippen LogP) is 2.15. The Labute approximate surface area is 146 Å². The summed E-state index contributed by atoms with van der Waals surface area (Å²) in [5.41, 5.74) is 0.885. The molecule has 0 amide bonds. The van der Waals surface area contributed by atoms with Gasteiger partial charge in [-0.2, -0.15) is 4.98 Å². The number of methoxy groups -OCH3 is 1. The Bertz CT molecular complexity index is 732. The van der Waals surface area contributed by atoms with Crippen LogP contribution in [0.3, 0.4) is 0 Å². The molecule has 1 aliphatic rings. The summed E-state index contributed by atoms with van der Waals surface area (Å²) < 4.78 is 5.07. The van der Waals surface area contributed by atoms with Crippen LogP contribution in [-0.4, -0.2) is 41.1 Å². The first kappa shape index (κ1) is 17.1. The molecule has 1 aromatic carbocycles. The van der Waals surface area contributed by atoms with Gasteiger partial charge in [0.05, 0.1) is 12.0 Å². The number of benzene rings is 1. The average molecular weight is 343 g/mol. The number of nitro benzene ring substituents is 1. The van der Waals surface area contributed by atoms with Crippen LogP contribution >= 0.6 is 0 Å². The highest BCUT2D eigenvalue weighted by molar-refractivity contribution is 5.40. The van der Waals surface area contributed by atoms with Gasteiger partial charge in [-0.25, -0.2) is 4.98 Å². The third-order valence-electron chi connectivity index (χ3n) is 4.39. The van der Waals surface area contributed by atoms with E-state index in [4.69, 9.17) is 4.74 Å². The first-order valence-electron chi connectivity index (χ1n) is 8.25. The molecule has 1 N–H and O–H groups in total.